The van der Waals surface area contributed by atoms with Gasteiger partial charge in [0.15, 0.2) is 0 Å². The summed E-state index contributed by atoms with van der Waals surface area (Å²) in [5.41, 5.74) is 0.773. The van der Waals surface area contributed by atoms with Crippen molar-refractivity contribution >= 4 is 23.2 Å². The lowest BCUT2D eigenvalue weighted by atomic mass is 10.1. The summed E-state index contributed by atoms with van der Waals surface area (Å²) in [5, 5.41) is 11.7. The minimum atomic E-state index is -1.04. The molecule has 0 aliphatic heterocycles. The largest absolute Gasteiger partial charge is 0.497 e. The number of rotatable bonds is 6. The summed E-state index contributed by atoms with van der Waals surface area (Å²) in [5.74, 6) is -0.0846. The maximum atomic E-state index is 12.3. The van der Waals surface area contributed by atoms with Gasteiger partial charge in [0.1, 0.15) is 16.4 Å². The lowest BCUT2D eigenvalue weighted by Crippen LogP contribution is -2.26. The van der Waals surface area contributed by atoms with Gasteiger partial charge in [0.2, 0.25) is 0 Å². The fourth-order valence-electron chi connectivity index (χ4n) is 2.10. The van der Waals surface area contributed by atoms with E-state index in [-0.39, 0.29) is 16.8 Å². The molecule has 1 heterocycles. The van der Waals surface area contributed by atoms with Crippen LogP contribution >= 0.6 is 11.3 Å². The molecule has 0 bridgehead atoms. The van der Waals surface area contributed by atoms with Crippen molar-refractivity contribution < 1.29 is 24.2 Å². The van der Waals surface area contributed by atoms with Crippen molar-refractivity contribution in [2.24, 2.45) is 0 Å². The Morgan fingerprint density at radius 3 is 2.39 bits per heavy atom. The fraction of sp³-hybridized carbons (Fsp3) is 0.250. The zero-order valence-electron chi connectivity index (χ0n) is 13.0. The number of carboxylic acids is 1. The standard InChI is InChI=1S/C16H17NO5S/c1-9(11-8-10(21-2)4-5-12(11)22-3)17-15(18)13-6-7-14(23-13)16(19)20/h4-9H,1-3H3,(H,17,18)(H,19,20). The molecule has 6 nitrogen and oxygen atoms in total. The molecular formula is C16H17NO5S. The Morgan fingerprint density at radius 1 is 1.13 bits per heavy atom. The predicted octanol–water partition coefficient (Wildman–Crippen LogP) is 2.95. The summed E-state index contributed by atoms with van der Waals surface area (Å²) in [6.45, 7) is 1.82. The fourth-order valence-corrected chi connectivity index (χ4v) is 2.85. The van der Waals surface area contributed by atoms with Crippen LogP contribution in [0.1, 0.15) is 37.9 Å². The van der Waals surface area contributed by atoms with Crippen LogP contribution in [-0.4, -0.2) is 31.2 Å². The Balaban J connectivity index is 2.18. The lowest BCUT2D eigenvalue weighted by molar-refractivity contribution is 0.0702. The quantitative estimate of drug-likeness (QED) is 0.848. The van der Waals surface area contributed by atoms with Crippen LogP contribution in [0, 0.1) is 0 Å². The lowest BCUT2D eigenvalue weighted by Gasteiger charge is -2.18. The van der Waals surface area contributed by atoms with Crippen LogP contribution in [0.4, 0.5) is 0 Å². The first kappa shape index (κ1) is 16.8. The summed E-state index contributed by atoms with van der Waals surface area (Å²) in [6, 6.07) is 7.92. The van der Waals surface area contributed by atoms with E-state index in [1.807, 2.05) is 6.92 Å². The van der Waals surface area contributed by atoms with Gasteiger partial charge in [-0.25, -0.2) is 4.79 Å². The van der Waals surface area contributed by atoms with Crippen LogP contribution in [0.3, 0.4) is 0 Å². The molecule has 1 amide bonds. The van der Waals surface area contributed by atoms with E-state index in [9.17, 15) is 9.59 Å². The number of thiophene rings is 1. The van der Waals surface area contributed by atoms with Crippen LogP contribution in [0.25, 0.3) is 0 Å². The molecule has 2 N–H and O–H groups in total. The van der Waals surface area contributed by atoms with Crippen LogP contribution < -0.4 is 14.8 Å². The van der Waals surface area contributed by atoms with Gasteiger partial charge in [-0.3, -0.25) is 4.79 Å². The zero-order valence-corrected chi connectivity index (χ0v) is 13.8. The van der Waals surface area contributed by atoms with Gasteiger partial charge in [0, 0.05) is 5.56 Å². The van der Waals surface area contributed by atoms with Gasteiger partial charge in [-0.2, -0.15) is 0 Å². The number of ether oxygens (including phenoxy) is 2. The number of methoxy groups -OCH3 is 2. The third-order valence-corrected chi connectivity index (χ3v) is 4.36. The Kier molecular flexibility index (Phi) is 5.23. The van der Waals surface area contributed by atoms with E-state index in [1.165, 1.54) is 12.1 Å². The van der Waals surface area contributed by atoms with Gasteiger partial charge in [-0.1, -0.05) is 0 Å². The van der Waals surface area contributed by atoms with Gasteiger partial charge in [-0.15, -0.1) is 11.3 Å². The molecule has 2 rings (SSSR count). The first-order valence-corrected chi connectivity index (χ1v) is 7.63. The second-order valence-electron chi connectivity index (χ2n) is 4.77. The average molecular weight is 335 g/mol. The minimum Gasteiger partial charge on any atom is -0.497 e. The molecule has 0 fully saturated rings. The van der Waals surface area contributed by atoms with Crippen molar-refractivity contribution in [1.29, 1.82) is 0 Å². The number of carboxylic acid groups (broad SMARTS) is 1. The second kappa shape index (κ2) is 7.15. The van der Waals surface area contributed by atoms with Gasteiger partial charge in [0.25, 0.3) is 5.91 Å². The van der Waals surface area contributed by atoms with Crippen LogP contribution in [0.2, 0.25) is 0 Å². The molecule has 122 valence electrons. The van der Waals surface area contributed by atoms with E-state index >= 15 is 0 Å². The van der Waals surface area contributed by atoms with Gasteiger partial charge in [0.05, 0.1) is 25.1 Å². The molecule has 0 aliphatic rings. The van der Waals surface area contributed by atoms with Crippen molar-refractivity contribution in [2.45, 2.75) is 13.0 Å². The summed E-state index contributed by atoms with van der Waals surface area (Å²) in [4.78, 5) is 23.6. The van der Waals surface area contributed by atoms with Crippen LogP contribution in [0.5, 0.6) is 11.5 Å². The maximum absolute atomic E-state index is 12.3. The Hall–Kier alpha value is -2.54. The zero-order chi connectivity index (χ0) is 17.0. The second-order valence-corrected chi connectivity index (χ2v) is 5.86. The number of amides is 1. The summed E-state index contributed by atoms with van der Waals surface area (Å²) in [6.07, 6.45) is 0. The van der Waals surface area contributed by atoms with Crippen molar-refractivity contribution in [1.82, 2.24) is 5.32 Å². The first-order valence-electron chi connectivity index (χ1n) is 6.82. The highest BCUT2D eigenvalue weighted by Crippen LogP contribution is 2.29. The number of carbonyl (C=O) groups is 2. The maximum Gasteiger partial charge on any atom is 0.345 e. The molecule has 0 saturated heterocycles. The van der Waals surface area contributed by atoms with Crippen LogP contribution in [0.15, 0.2) is 30.3 Å². The summed E-state index contributed by atoms with van der Waals surface area (Å²) in [7, 11) is 3.12. The molecule has 23 heavy (non-hydrogen) atoms. The van der Waals surface area contributed by atoms with Gasteiger partial charge < -0.3 is 19.9 Å². The number of aromatic carboxylic acids is 1. The summed E-state index contributed by atoms with van der Waals surface area (Å²) < 4.78 is 10.5. The molecule has 0 spiro atoms. The Morgan fingerprint density at radius 2 is 1.83 bits per heavy atom. The van der Waals surface area contributed by atoms with Crippen molar-refractivity contribution in [3.63, 3.8) is 0 Å². The van der Waals surface area contributed by atoms with Crippen molar-refractivity contribution in [2.75, 3.05) is 14.2 Å². The third-order valence-electron chi connectivity index (χ3n) is 3.29. The van der Waals surface area contributed by atoms with Gasteiger partial charge >= 0.3 is 5.97 Å². The van der Waals surface area contributed by atoms with E-state index in [2.05, 4.69) is 5.32 Å². The number of benzene rings is 1. The molecule has 1 aromatic heterocycles. The first-order chi connectivity index (χ1) is 11.0. The molecule has 1 aromatic carbocycles. The number of nitrogens with one attached hydrogen (secondary N) is 1. The van der Waals surface area contributed by atoms with E-state index in [0.29, 0.717) is 16.4 Å². The SMILES string of the molecule is COc1ccc(OC)c(C(C)NC(=O)c2ccc(C(=O)O)s2)c1. The molecule has 0 aliphatic carbocycles. The molecule has 1 unspecified atom stereocenters. The highest BCUT2D eigenvalue weighted by molar-refractivity contribution is 7.15. The summed E-state index contributed by atoms with van der Waals surface area (Å²) >= 11 is 0.936. The highest BCUT2D eigenvalue weighted by atomic mass is 32.1. The Labute approximate surface area is 137 Å². The monoisotopic (exact) mass is 335 g/mol. The molecular weight excluding hydrogens is 318 g/mol. The number of hydrogen-bond acceptors (Lipinski definition) is 5. The van der Waals surface area contributed by atoms with Crippen molar-refractivity contribution in [3.05, 3.63) is 45.6 Å². The highest BCUT2D eigenvalue weighted by Gasteiger charge is 2.18. The van der Waals surface area contributed by atoms with E-state index in [0.717, 1.165) is 16.9 Å². The molecule has 0 radical (unpaired) electrons. The third kappa shape index (κ3) is 3.81. The number of carbonyl (C=O) groups excluding carboxylic acids is 1. The number of hydrogen-bond donors (Lipinski definition) is 2. The van der Waals surface area contributed by atoms with Crippen molar-refractivity contribution in [3.8, 4) is 11.5 Å². The average Bonchev–Trinajstić information content (AvgIpc) is 3.04. The molecule has 7 heteroatoms. The van der Waals surface area contributed by atoms with E-state index in [1.54, 1.807) is 32.4 Å². The smallest absolute Gasteiger partial charge is 0.345 e. The molecule has 1 atom stereocenters. The molecule has 0 saturated carbocycles. The predicted molar refractivity (Wildman–Crippen MR) is 86.7 cm³/mol. The van der Waals surface area contributed by atoms with Crippen LogP contribution in [-0.2, 0) is 0 Å². The van der Waals surface area contributed by atoms with E-state index in [4.69, 9.17) is 14.6 Å². The Bertz CT molecular complexity index is 725. The normalized spacial score (nSPS) is 11.6. The minimum absolute atomic E-state index is 0.127. The van der Waals surface area contributed by atoms with Gasteiger partial charge in [-0.05, 0) is 37.3 Å². The van der Waals surface area contributed by atoms with E-state index < -0.39 is 5.97 Å². The molecule has 2 aromatic rings. The topological polar surface area (TPSA) is 84.9 Å².